The molecular weight excluding hydrogens is 360 g/mol. The fraction of sp³-hybridized carbons (Fsp3) is 0.350. The average Bonchev–Trinajstić information content (AvgIpc) is 3.05. The van der Waals surface area contributed by atoms with Crippen LogP contribution >= 0.6 is 11.8 Å². The van der Waals surface area contributed by atoms with Crippen molar-refractivity contribution in [2.45, 2.75) is 49.5 Å². The first kappa shape index (κ1) is 19.2. The molecule has 0 aliphatic carbocycles. The number of hydrogen-bond donors (Lipinski definition) is 1. The Hall–Kier alpha value is -2.54. The van der Waals surface area contributed by atoms with Crippen molar-refractivity contribution in [2.24, 2.45) is 0 Å². The number of fused-ring (bicyclic) bond motifs is 1. The highest BCUT2D eigenvalue weighted by atomic mass is 32.2. The van der Waals surface area contributed by atoms with Crippen LogP contribution in [-0.4, -0.2) is 27.2 Å². The van der Waals surface area contributed by atoms with Gasteiger partial charge in [0.15, 0.2) is 5.65 Å². The summed E-state index contributed by atoms with van der Waals surface area (Å²) in [5, 5.41) is 11.2. The molecule has 3 rings (SSSR count). The van der Waals surface area contributed by atoms with Gasteiger partial charge in [-0.25, -0.2) is 4.79 Å². The molecule has 0 spiro atoms. The summed E-state index contributed by atoms with van der Waals surface area (Å²) in [6.45, 7) is 9.01. The van der Waals surface area contributed by atoms with Crippen molar-refractivity contribution in [3.8, 4) is 0 Å². The predicted octanol–water partition coefficient (Wildman–Crippen LogP) is 4.42. The normalized spacial score (nSPS) is 11.6. The lowest BCUT2D eigenvalue weighted by atomic mass is 9.96. The summed E-state index contributed by atoms with van der Waals surface area (Å²) in [5.41, 5.74) is 1.70. The van der Waals surface area contributed by atoms with Crippen molar-refractivity contribution in [3.05, 3.63) is 54.0 Å². The van der Waals surface area contributed by atoms with Crippen molar-refractivity contribution >= 4 is 23.5 Å². The fourth-order valence-corrected chi connectivity index (χ4v) is 3.58. The molecule has 0 radical (unpaired) electrons. The van der Waals surface area contributed by atoms with Crippen LogP contribution in [0.2, 0.25) is 0 Å². The number of carbonyl (C=O) groups excluding carboxylic acids is 1. The summed E-state index contributed by atoms with van der Waals surface area (Å²) >= 11 is 1.63. The molecule has 27 heavy (non-hydrogen) atoms. The van der Waals surface area contributed by atoms with E-state index in [1.54, 1.807) is 11.8 Å². The number of pyridine rings is 1. The number of nitrogens with zero attached hydrogens (tertiary/aromatic N) is 3. The molecule has 1 amide bonds. The average molecular weight is 385 g/mol. The molecule has 142 valence electrons. The van der Waals surface area contributed by atoms with E-state index in [2.05, 4.69) is 42.5 Å². The predicted molar refractivity (Wildman–Crippen MR) is 106 cm³/mol. The van der Waals surface area contributed by atoms with Crippen LogP contribution in [0, 0.1) is 0 Å². The summed E-state index contributed by atoms with van der Waals surface area (Å²) in [5.74, 6) is 0.924. The first-order valence-corrected chi connectivity index (χ1v) is 9.72. The summed E-state index contributed by atoms with van der Waals surface area (Å²) in [6, 6.07) is 11.9. The Morgan fingerprint density at radius 1 is 1.19 bits per heavy atom. The third-order valence-corrected chi connectivity index (χ3v) is 5.02. The molecule has 7 heteroatoms. The van der Waals surface area contributed by atoms with E-state index in [1.807, 2.05) is 47.7 Å². The standard InChI is InChI=1S/C20H24N4O2S/c1-5-21-19(25)26-13-14-8-6-7-9-16(14)27-15-10-11-17-22-23-18(20(2,3)4)24(17)12-15/h6-12H,5,13H2,1-4H3,(H,21,25). The SMILES string of the molecule is CCNC(=O)OCc1ccccc1Sc1ccc2nnc(C(C)(C)C)n2c1. The Bertz CT molecular complexity index is 947. The molecule has 0 atom stereocenters. The Balaban J connectivity index is 1.84. The number of hydrogen-bond acceptors (Lipinski definition) is 5. The number of benzene rings is 1. The first-order chi connectivity index (χ1) is 12.9. The number of alkyl carbamates (subject to hydrolysis) is 1. The molecule has 0 fully saturated rings. The molecule has 0 unspecified atom stereocenters. The third-order valence-electron chi connectivity index (χ3n) is 3.93. The summed E-state index contributed by atoms with van der Waals surface area (Å²) < 4.78 is 7.32. The second-order valence-corrected chi connectivity index (χ2v) is 8.30. The van der Waals surface area contributed by atoms with E-state index in [-0.39, 0.29) is 12.0 Å². The zero-order valence-electron chi connectivity index (χ0n) is 16.0. The molecule has 0 saturated carbocycles. The maximum Gasteiger partial charge on any atom is 0.407 e. The molecule has 6 nitrogen and oxygen atoms in total. The van der Waals surface area contributed by atoms with Crippen LogP contribution in [0.1, 0.15) is 39.1 Å². The number of carbonyl (C=O) groups is 1. The van der Waals surface area contributed by atoms with Gasteiger partial charge in [0.2, 0.25) is 0 Å². The maximum atomic E-state index is 11.6. The van der Waals surface area contributed by atoms with E-state index in [1.165, 1.54) is 0 Å². The quantitative estimate of drug-likeness (QED) is 0.705. The molecule has 2 aromatic heterocycles. The van der Waals surface area contributed by atoms with Crippen LogP contribution in [0.25, 0.3) is 5.65 Å². The van der Waals surface area contributed by atoms with Crippen molar-refractivity contribution < 1.29 is 9.53 Å². The van der Waals surface area contributed by atoms with Crippen molar-refractivity contribution in [1.29, 1.82) is 0 Å². The summed E-state index contributed by atoms with van der Waals surface area (Å²) in [7, 11) is 0. The Kier molecular flexibility index (Phi) is 5.70. The molecule has 1 aromatic carbocycles. The van der Waals surface area contributed by atoms with Crippen molar-refractivity contribution in [1.82, 2.24) is 19.9 Å². The largest absolute Gasteiger partial charge is 0.445 e. The highest BCUT2D eigenvalue weighted by Gasteiger charge is 2.21. The van der Waals surface area contributed by atoms with E-state index >= 15 is 0 Å². The lowest BCUT2D eigenvalue weighted by molar-refractivity contribution is 0.139. The van der Waals surface area contributed by atoms with Crippen molar-refractivity contribution in [3.63, 3.8) is 0 Å². The Labute approximate surface area is 163 Å². The van der Waals surface area contributed by atoms with Gasteiger partial charge in [-0.15, -0.1) is 10.2 Å². The van der Waals surface area contributed by atoms with Gasteiger partial charge in [-0.05, 0) is 25.1 Å². The Morgan fingerprint density at radius 2 is 1.96 bits per heavy atom. The fourth-order valence-electron chi connectivity index (χ4n) is 2.63. The molecule has 0 saturated heterocycles. The van der Waals surface area contributed by atoms with Crippen LogP contribution in [0.4, 0.5) is 4.79 Å². The number of aromatic nitrogens is 3. The van der Waals surface area contributed by atoms with Crippen LogP contribution in [0.3, 0.4) is 0 Å². The number of ether oxygens (including phenoxy) is 1. The minimum atomic E-state index is -0.405. The van der Waals surface area contributed by atoms with Crippen LogP contribution in [-0.2, 0) is 16.8 Å². The molecular formula is C20H24N4O2S. The zero-order valence-corrected chi connectivity index (χ0v) is 16.8. The topological polar surface area (TPSA) is 68.5 Å². The summed E-state index contributed by atoms with van der Waals surface area (Å²) in [4.78, 5) is 13.7. The molecule has 0 aliphatic heterocycles. The van der Waals surface area contributed by atoms with Gasteiger partial charge in [0, 0.05) is 33.5 Å². The van der Waals surface area contributed by atoms with Crippen LogP contribution in [0.5, 0.6) is 0 Å². The molecule has 2 heterocycles. The minimum Gasteiger partial charge on any atom is -0.445 e. The van der Waals surface area contributed by atoms with Crippen LogP contribution in [0.15, 0.2) is 52.4 Å². The monoisotopic (exact) mass is 384 g/mol. The maximum absolute atomic E-state index is 11.6. The second kappa shape index (κ2) is 8.00. The van der Waals surface area contributed by atoms with Gasteiger partial charge in [-0.3, -0.25) is 4.40 Å². The second-order valence-electron chi connectivity index (χ2n) is 7.18. The molecule has 0 aliphatic rings. The third kappa shape index (κ3) is 4.60. The van der Waals surface area contributed by atoms with Gasteiger partial charge in [0.1, 0.15) is 12.4 Å². The molecule has 0 bridgehead atoms. The lowest BCUT2D eigenvalue weighted by Gasteiger charge is -2.16. The van der Waals surface area contributed by atoms with Crippen LogP contribution < -0.4 is 5.32 Å². The van der Waals surface area contributed by atoms with Gasteiger partial charge in [0.05, 0.1) is 0 Å². The molecule has 3 aromatic rings. The lowest BCUT2D eigenvalue weighted by Crippen LogP contribution is -2.23. The van der Waals surface area contributed by atoms with Gasteiger partial charge in [-0.1, -0.05) is 50.7 Å². The smallest absolute Gasteiger partial charge is 0.407 e. The minimum absolute atomic E-state index is 0.0961. The number of amides is 1. The summed E-state index contributed by atoms with van der Waals surface area (Å²) in [6.07, 6.45) is 1.65. The van der Waals surface area contributed by atoms with Gasteiger partial charge >= 0.3 is 6.09 Å². The number of nitrogens with one attached hydrogen (secondary N) is 1. The zero-order chi connectivity index (χ0) is 19.4. The number of rotatable bonds is 5. The van der Waals surface area contributed by atoms with E-state index < -0.39 is 6.09 Å². The van der Waals surface area contributed by atoms with Gasteiger partial charge in [0.25, 0.3) is 0 Å². The Morgan fingerprint density at radius 3 is 2.70 bits per heavy atom. The first-order valence-electron chi connectivity index (χ1n) is 8.90. The van der Waals surface area contributed by atoms with E-state index in [9.17, 15) is 4.79 Å². The van der Waals surface area contributed by atoms with Gasteiger partial charge < -0.3 is 10.1 Å². The highest BCUT2D eigenvalue weighted by molar-refractivity contribution is 7.99. The van der Waals surface area contributed by atoms with E-state index in [0.717, 1.165) is 26.8 Å². The van der Waals surface area contributed by atoms with Crippen molar-refractivity contribution in [2.75, 3.05) is 6.54 Å². The van der Waals surface area contributed by atoms with Gasteiger partial charge in [-0.2, -0.15) is 0 Å². The van der Waals surface area contributed by atoms with E-state index in [4.69, 9.17) is 4.74 Å². The van der Waals surface area contributed by atoms with E-state index in [0.29, 0.717) is 6.54 Å². The molecule has 1 N–H and O–H groups in total. The highest BCUT2D eigenvalue weighted by Crippen LogP contribution is 2.32.